The Bertz CT molecular complexity index is 384. The number of aliphatic imine (C=N–C) groups is 1. The van der Waals surface area contributed by atoms with Crippen molar-refractivity contribution < 1.29 is 0 Å². The Balaban J connectivity index is 2.20. The molecule has 3 N–H and O–H groups in total. The van der Waals surface area contributed by atoms with Crippen LogP contribution in [0.5, 0.6) is 0 Å². The van der Waals surface area contributed by atoms with Crippen LogP contribution >= 0.6 is 0 Å². The molecular weight excluding hydrogens is 188 g/mol. The van der Waals surface area contributed by atoms with Crippen molar-refractivity contribution in [3.8, 4) is 0 Å². The molecule has 0 spiro atoms. The number of nitrogens with one attached hydrogen (secondary N) is 3. The first-order valence-electron chi connectivity index (χ1n) is 5.14. The number of rotatable bonds is 2. The molecule has 1 aromatic carbocycles. The summed E-state index contributed by atoms with van der Waals surface area (Å²) in [7, 11) is 1.93. The van der Waals surface area contributed by atoms with E-state index in [0.717, 1.165) is 30.4 Å². The quantitative estimate of drug-likeness (QED) is 0.682. The van der Waals surface area contributed by atoms with Crippen LogP contribution in [0.2, 0.25) is 0 Å². The van der Waals surface area contributed by atoms with Crippen molar-refractivity contribution in [1.29, 1.82) is 0 Å². The molecular formula is C11H16N4. The van der Waals surface area contributed by atoms with Gasteiger partial charge in [0.05, 0.1) is 6.54 Å². The van der Waals surface area contributed by atoms with Crippen molar-refractivity contribution in [2.24, 2.45) is 4.99 Å². The molecule has 1 heterocycles. The maximum absolute atomic E-state index is 4.30. The molecule has 0 aromatic heterocycles. The Hall–Kier alpha value is -1.71. The Morgan fingerprint density at radius 1 is 1.33 bits per heavy atom. The van der Waals surface area contributed by atoms with Gasteiger partial charge in [0.15, 0.2) is 5.96 Å². The molecule has 0 atom stereocenters. The van der Waals surface area contributed by atoms with Crippen LogP contribution in [0.15, 0.2) is 23.2 Å². The highest BCUT2D eigenvalue weighted by Crippen LogP contribution is 2.22. The minimum Gasteiger partial charge on any atom is -0.388 e. The average Bonchev–Trinajstić information content (AvgIpc) is 2.74. The fourth-order valence-electron chi connectivity index (χ4n) is 1.65. The van der Waals surface area contributed by atoms with Crippen LogP contribution in [0.3, 0.4) is 0 Å². The van der Waals surface area contributed by atoms with Crippen LogP contribution in [0.4, 0.5) is 11.4 Å². The second-order valence-electron chi connectivity index (χ2n) is 3.51. The zero-order valence-electron chi connectivity index (χ0n) is 9.09. The van der Waals surface area contributed by atoms with E-state index in [-0.39, 0.29) is 0 Å². The second kappa shape index (κ2) is 4.21. The summed E-state index contributed by atoms with van der Waals surface area (Å²) in [6.07, 6.45) is 0. The molecule has 0 amide bonds. The number of anilines is 2. The molecule has 0 unspecified atom stereocenters. The van der Waals surface area contributed by atoms with Gasteiger partial charge in [0.2, 0.25) is 0 Å². The number of hydrogen-bond donors (Lipinski definition) is 3. The standard InChI is InChI=1S/C11H16N4/c1-8-9(12-2)4-3-5-10(8)15-11-13-6-7-14-11/h3-5,12H,6-7H2,1-2H3,(H2,13,14,15). The van der Waals surface area contributed by atoms with Crippen molar-refractivity contribution in [1.82, 2.24) is 5.32 Å². The van der Waals surface area contributed by atoms with Crippen LogP contribution in [-0.4, -0.2) is 26.1 Å². The summed E-state index contributed by atoms with van der Waals surface area (Å²) in [6.45, 7) is 3.86. The Morgan fingerprint density at radius 3 is 2.80 bits per heavy atom. The fourth-order valence-corrected chi connectivity index (χ4v) is 1.65. The average molecular weight is 204 g/mol. The lowest BCUT2D eigenvalue weighted by atomic mass is 10.1. The van der Waals surface area contributed by atoms with E-state index < -0.39 is 0 Å². The van der Waals surface area contributed by atoms with E-state index in [4.69, 9.17) is 0 Å². The van der Waals surface area contributed by atoms with Gasteiger partial charge in [-0.3, -0.25) is 4.99 Å². The SMILES string of the molecule is CNc1cccc(NC2=NCCN2)c1C. The third kappa shape index (κ3) is 2.03. The van der Waals surface area contributed by atoms with Gasteiger partial charge in [-0.15, -0.1) is 0 Å². The molecule has 0 fully saturated rings. The van der Waals surface area contributed by atoms with Gasteiger partial charge in [-0.05, 0) is 24.6 Å². The second-order valence-corrected chi connectivity index (χ2v) is 3.51. The maximum atomic E-state index is 4.30. The molecule has 4 nitrogen and oxygen atoms in total. The third-order valence-corrected chi connectivity index (χ3v) is 2.53. The van der Waals surface area contributed by atoms with Gasteiger partial charge in [0.1, 0.15) is 0 Å². The summed E-state index contributed by atoms with van der Waals surface area (Å²) in [6, 6.07) is 6.14. The molecule has 0 bridgehead atoms. The topological polar surface area (TPSA) is 48.5 Å². The highest BCUT2D eigenvalue weighted by atomic mass is 15.2. The first-order chi connectivity index (χ1) is 7.31. The van der Waals surface area contributed by atoms with E-state index in [1.807, 2.05) is 13.1 Å². The number of hydrogen-bond acceptors (Lipinski definition) is 4. The van der Waals surface area contributed by atoms with Crippen molar-refractivity contribution in [3.63, 3.8) is 0 Å². The lowest BCUT2D eigenvalue weighted by molar-refractivity contribution is 0.959. The molecule has 1 aromatic rings. The zero-order valence-corrected chi connectivity index (χ0v) is 9.09. The highest BCUT2D eigenvalue weighted by molar-refractivity contribution is 5.95. The van der Waals surface area contributed by atoms with E-state index in [0.29, 0.717) is 0 Å². The van der Waals surface area contributed by atoms with Gasteiger partial charge in [-0.2, -0.15) is 0 Å². The normalized spacial score (nSPS) is 14.4. The molecule has 0 saturated carbocycles. The molecule has 1 aliphatic rings. The van der Waals surface area contributed by atoms with E-state index in [1.54, 1.807) is 0 Å². The summed E-state index contributed by atoms with van der Waals surface area (Å²) in [5, 5.41) is 9.63. The summed E-state index contributed by atoms with van der Waals surface area (Å²) in [5.74, 6) is 0.867. The Labute approximate surface area is 89.8 Å². The highest BCUT2D eigenvalue weighted by Gasteiger charge is 2.07. The summed E-state index contributed by atoms with van der Waals surface area (Å²) in [5.41, 5.74) is 3.44. The zero-order chi connectivity index (χ0) is 10.7. The summed E-state index contributed by atoms with van der Waals surface area (Å²) < 4.78 is 0. The van der Waals surface area contributed by atoms with Crippen LogP contribution in [0, 0.1) is 6.92 Å². The molecule has 15 heavy (non-hydrogen) atoms. The molecule has 0 saturated heterocycles. The molecule has 80 valence electrons. The van der Waals surface area contributed by atoms with Crippen LogP contribution in [0.25, 0.3) is 0 Å². The Morgan fingerprint density at radius 2 is 2.13 bits per heavy atom. The monoisotopic (exact) mass is 204 g/mol. The molecule has 0 radical (unpaired) electrons. The largest absolute Gasteiger partial charge is 0.388 e. The third-order valence-electron chi connectivity index (χ3n) is 2.53. The minimum absolute atomic E-state index is 0.854. The summed E-state index contributed by atoms with van der Waals surface area (Å²) in [4.78, 5) is 4.30. The van der Waals surface area contributed by atoms with E-state index >= 15 is 0 Å². The van der Waals surface area contributed by atoms with Crippen molar-refractivity contribution >= 4 is 17.3 Å². The predicted molar refractivity (Wildman–Crippen MR) is 64.7 cm³/mol. The van der Waals surface area contributed by atoms with E-state index in [2.05, 4.69) is 40.0 Å². The summed E-state index contributed by atoms with van der Waals surface area (Å²) >= 11 is 0. The first-order valence-corrected chi connectivity index (χ1v) is 5.14. The van der Waals surface area contributed by atoms with Crippen LogP contribution in [-0.2, 0) is 0 Å². The first kappa shape index (κ1) is 9.83. The van der Waals surface area contributed by atoms with Gasteiger partial charge < -0.3 is 16.0 Å². The lowest BCUT2D eigenvalue weighted by Crippen LogP contribution is -2.26. The fraction of sp³-hybridized carbons (Fsp3) is 0.364. The van der Waals surface area contributed by atoms with Gasteiger partial charge in [0.25, 0.3) is 0 Å². The molecule has 2 rings (SSSR count). The smallest absolute Gasteiger partial charge is 0.195 e. The van der Waals surface area contributed by atoms with Crippen molar-refractivity contribution in [2.45, 2.75) is 6.92 Å². The van der Waals surface area contributed by atoms with Crippen LogP contribution in [0.1, 0.15) is 5.56 Å². The molecule has 1 aliphatic heterocycles. The maximum Gasteiger partial charge on any atom is 0.195 e. The van der Waals surface area contributed by atoms with Crippen molar-refractivity contribution in [3.05, 3.63) is 23.8 Å². The van der Waals surface area contributed by atoms with Gasteiger partial charge in [-0.1, -0.05) is 6.07 Å². The van der Waals surface area contributed by atoms with Crippen molar-refractivity contribution in [2.75, 3.05) is 30.8 Å². The van der Waals surface area contributed by atoms with E-state index in [9.17, 15) is 0 Å². The number of benzene rings is 1. The number of nitrogens with zero attached hydrogens (tertiary/aromatic N) is 1. The van der Waals surface area contributed by atoms with Gasteiger partial charge in [-0.25, -0.2) is 0 Å². The molecule has 4 heteroatoms. The molecule has 0 aliphatic carbocycles. The van der Waals surface area contributed by atoms with Crippen LogP contribution < -0.4 is 16.0 Å². The van der Waals surface area contributed by atoms with E-state index in [1.165, 1.54) is 5.56 Å². The number of guanidine groups is 1. The lowest BCUT2D eigenvalue weighted by Gasteiger charge is -2.12. The van der Waals surface area contributed by atoms with Gasteiger partial charge in [0, 0.05) is 25.0 Å². The predicted octanol–water partition coefficient (Wildman–Crippen LogP) is 1.41. The minimum atomic E-state index is 0.854. The Kier molecular flexibility index (Phi) is 2.76. The van der Waals surface area contributed by atoms with Gasteiger partial charge >= 0.3 is 0 Å².